The highest BCUT2D eigenvalue weighted by Gasteiger charge is 2.13. The van der Waals surface area contributed by atoms with E-state index in [1.54, 1.807) is 12.1 Å². The van der Waals surface area contributed by atoms with Gasteiger partial charge in [-0.25, -0.2) is 0 Å². The molecule has 0 bridgehead atoms. The fraction of sp³-hybridized carbons (Fsp3) is 0.400. The summed E-state index contributed by atoms with van der Waals surface area (Å²) < 4.78 is 29.6. The lowest BCUT2D eigenvalue weighted by Crippen LogP contribution is -2.17. The maximum Gasteiger partial charge on any atom is 0.387 e. The van der Waals surface area contributed by atoms with E-state index in [4.69, 9.17) is 5.73 Å². The van der Waals surface area contributed by atoms with Crippen molar-refractivity contribution >= 4 is 31.9 Å². The summed E-state index contributed by atoms with van der Waals surface area (Å²) in [5.41, 5.74) is 6.62. The van der Waals surface area contributed by atoms with Gasteiger partial charge in [0.2, 0.25) is 0 Å². The molecule has 0 spiro atoms. The fourth-order valence-corrected chi connectivity index (χ4v) is 2.77. The number of ether oxygens (including phenoxy) is 1. The van der Waals surface area contributed by atoms with Crippen LogP contribution >= 0.6 is 31.9 Å². The molecule has 0 saturated heterocycles. The van der Waals surface area contributed by atoms with Gasteiger partial charge in [0.15, 0.2) is 5.75 Å². The molecule has 1 atom stereocenters. The SMILES string of the molecule is CC(N)Cc1cc(Br)c(OC(F)F)c(Br)c1. The lowest BCUT2D eigenvalue weighted by molar-refractivity contribution is -0.0508. The molecule has 16 heavy (non-hydrogen) atoms. The summed E-state index contributed by atoms with van der Waals surface area (Å²) in [6.45, 7) is -0.961. The molecular formula is C10H11Br2F2NO. The Morgan fingerprint density at radius 1 is 1.31 bits per heavy atom. The molecule has 0 heterocycles. The Morgan fingerprint density at radius 2 is 1.81 bits per heavy atom. The Morgan fingerprint density at radius 3 is 2.19 bits per heavy atom. The smallest absolute Gasteiger partial charge is 0.387 e. The predicted octanol–water partition coefficient (Wildman–Crippen LogP) is 3.70. The van der Waals surface area contributed by atoms with Gasteiger partial charge in [0.05, 0.1) is 8.95 Å². The van der Waals surface area contributed by atoms with E-state index in [0.717, 1.165) is 5.56 Å². The average molecular weight is 359 g/mol. The van der Waals surface area contributed by atoms with E-state index in [0.29, 0.717) is 15.4 Å². The monoisotopic (exact) mass is 357 g/mol. The van der Waals surface area contributed by atoms with Crippen LogP contribution in [-0.2, 0) is 6.42 Å². The van der Waals surface area contributed by atoms with Gasteiger partial charge in [0.25, 0.3) is 0 Å². The Bertz CT molecular complexity index is 349. The molecule has 1 rings (SSSR count). The van der Waals surface area contributed by atoms with Gasteiger partial charge >= 0.3 is 6.61 Å². The van der Waals surface area contributed by atoms with E-state index < -0.39 is 6.61 Å². The van der Waals surface area contributed by atoms with Gasteiger partial charge in [0.1, 0.15) is 0 Å². The van der Waals surface area contributed by atoms with Gasteiger partial charge in [0, 0.05) is 6.04 Å². The highest BCUT2D eigenvalue weighted by atomic mass is 79.9. The zero-order valence-corrected chi connectivity index (χ0v) is 11.7. The molecule has 0 aromatic heterocycles. The van der Waals surface area contributed by atoms with E-state index in [9.17, 15) is 8.78 Å². The molecule has 1 aromatic rings. The minimum Gasteiger partial charge on any atom is -0.432 e. The lowest BCUT2D eigenvalue weighted by Gasteiger charge is -2.12. The van der Waals surface area contributed by atoms with Crippen LogP contribution < -0.4 is 10.5 Å². The molecule has 0 aliphatic heterocycles. The van der Waals surface area contributed by atoms with Gasteiger partial charge in [-0.15, -0.1) is 0 Å². The van der Waals surface area contributed by atoms with Gasteiger partial charge in [-0.3, -0.25) is 0 Å². The molecule has 0 saturated carbocycles. The summed E-state index contributed by atoms with van der Waals surface area (Å²) in [6.07, 6.45) is 0.673. The van der Waals surface area contributed by atoms with Crippen LogP contribution in [0.4, 0.5) is 8.78 Å². The average Bonchev–Trinajstić information content (AvgIpc) is 2.10. The molecule has 90 valence electrons. The van der Waals surface area contributed by atoms with Crippen LogP contribution in [0.3, 0.4) is 0 Å². The fourth-order valence-electron chi connectivity index (χ4n) is 1.30. The summed E-state index contributed by atoms with van der Waals surface area (Å²) in [5, 5.41) is 0. The summed E-state index contributed by atoms with van der Waals surface area (Å²) in [4.78, 5) is 0. The van der Waals surface area contributed by atoms with Crippen LogP contribution in [0.15, 0.2) is 21.1 Å². The van der Waals surface area contributed by atoms with E-state index in [1.807, 2.05) is 6.92 Å². The largest absolute Gasteiger partial charge is 0.432 e. The van der Waals surface area contributed by atoms with Gasteiger partial charge in [-0.05, 0) is 62.9 Å². The predicted molar refractivity (Wildman–Crippen MR) is 65.8 cm³/mol. The zero-order chi connectivity index (χ0) is 12.3. The Kier molecular flexibility index (Phi) is 5.14. The summed E-state index contributed by atoms with van der Waals surface area (Å²) in [6, 6.07) is 3.47. The van der Waals surface area contributed by atoms with Crippen molar-refractivity contribution < 1.29 is 13.5 Å². The molecule has 1 unspecified atom stereocenters. The molecule has 0 fully saturated rings. The van der Waals surface area contributed by atoms with Crippen LogP contribution in [0.25, 0.3) is 0 Å². The lowest BCUT2D eigenvalue weighted by atomic mass is 10.1. The second-order valence-electron chi connectivity index (χ2n) is 3.45. The van der Waals surface area contributed by atoms with Crippen LogP contribution in [0.1, 0.15) is 12.5 Å². The number of rotatable bonds is 4. The van der Waals surface area contributed by atoms with Crippen molar-refractivity contribution in [2.24, 2.45) is 5.73 Å². The Labute approximate surface area is 109 Å². The van der Waals surface area contributed by atoms with E-state index in [1.165, 1.54) is 0 Å². The van der Waals surface area contributed by atoms with Crippen molar-refractivity contribution in [3.05, 3.63) is 26.6 Å². The number of hydrogen-bond acceptors (Lipinski definition) is 2. The highest BCUT2D eigenvalue weighted by molar-refractivity contribution is 9.11. The minimum atomic E-state index is -2.84. The van der Waals surface area contributed by atoms with Crippen LogP contribution in [0.2, 0.25) is 0 Å². The highest BCUT2D eigenvalue weighted by Crippen LogP contribution is 2.36. The summed E-state index contributed by atoms with van der Waals surface area (Å²) in [7, 11) is 0. The van der Waals surface area contributed by atoms with Gasteiger partial charge in [-0.1, -0.05) is 0 Å². The minimum absolute atomic E-state index is 0.0145. The molecule has 1 aromatic carbocycles. The molecule has 6 heteroatoms. The molecule has 2 N–H and O–H groups in total. The van der Waals surface area contributed by atoms with Crippen molar-refractivity contribution in [2.45, 2.75) is 26.0 Å². The third-order valence-corrected chi connectivity index (χ3v) is 3.00. The van der Waals surface area contributed by atoms with Gasteiger partial charge < -0.3 is 10.5 Å². The van der Waals surface area contributed by atoms with Crippen molar-refractivity contribution in [1.82, 2.24) is 0 Å². The number of alkyl halides is 2. The van der Waals surface area contributed by atoms with Crippen molar-refractivity contribution in [2.75, 3.05) is 0 Å². The van der Waals surface area contributed by atoms with Crippen molar-refractivity contribution in [1.29, 1.82) is 0 Å². The van der Waals surface area contributed by atoms with Crippen LogP contribution in [0.5, 0.6) is 5.75 Å². The normalized spacial score (nSPS) is 12.9. The van der Waals surface area contributed by atoms with Crippen LogP contribution in [-0.4, -0.2) is 12.7 Å². The first-order valence-electron chi connectivity index (χ1n) is 4.58. The Hall–Kier alpha value is -0.200. The topological polar surface area (TPSA) is 35.2 Å². The Balaban J connectivity index is 2.98. The third-order valence-electron chi connectivity index (χ3n) is 1.82. The maximum atomic E-state index is 12.1. The van der Waals surface area contributed by atoms with Crippen LogP contribution in [0, 0.1) is 0 Å². The first-order chi connectivity index (χ1) is 7.40. The van der Waals surface area contributed by atoms with E-state index in [2.05, 4.69) is 36.6 Å². The van der Waals surface area contributed by atoms with Crippen molar-refractivity contribution in [3.63, 3.8) is 0 Å². The molecular weight excluding hydrogens is 348 g/mol. The number of halogens is 4. The molecule has 0 aliphatic carbocycles. The molecule has 0 aliphatic rings. The first kappa shape index (κ1) is 13.9. The second-order valence-corrected chi connectivity index (χ2v) is 5.16. The summed E-state index contributed by atoms with van der Waals surface area (Å²) in [5.74, 6) is 0.100. The van der Waals surface area contributed by atoms with Crippen molar-refractivity contribution in [3.8, 4) is 5.75 Å². The summed E-state index contributed by atoms with van der Waals surface area (Å²) >= 11 is 6.37. The molecule has 0 radical (unpaired) electrons. The van der Waals surface area contributed by atoms with E-state index in [-0.39, 0.29) is 11.8 Å². The van der Waals surface area contributed by atoms with Gasteiger partial charge in [-0.2, -0.15) is 8.78 Å². The number of hydrogen-bond donors (Lipinski definition) is 1. The third kappa shape index (κ3) is 3.99. The zero-order valence-electron chi connectivity index (χ0n) is 8.51. The van der Waals surface area contributed by atoms with E-state index >= 15 is 0 Å². The maximum absolute atomic E-state index is 12.1. The quantitative estimate of drug-likeness (QED) is 0.890. The molecule has 2 nitrogen and oxygen atoms in total. The number of nitrogens with two attached hydrogens (primary N) is 1. The first-order valence-corrected chi connectivity index (χ1v) is 6.17. The molecule has 0 amide bonds. The number of benzene rings is 1. The standard InChI is InChI=1S/C10H11Br2F2NO/c1-5(15)2-6-3-7(11)9(8(12)4-6)16-10(13)14/h3-5,10H,2,15H2,1H3. The second kappa shape index (κ2) is 5.93.